The Morgan fingerprint density at radius 3 is 2.69 bits per heavy atom. The van der Waals surface area contributed by atoms with E-state index in [9.17, 15) is 0 Å². The molecule has 1 aromatic rings. The zero-order valence-corrected chi connectivity index (χ0v) is 9.90. The van der Waals surface area contributed by atoms with Gasteiger partial charge in [-0.05, 0) is 30.4 Å². The first kappa shape index (κ1) is 12.7. The van der Waals surface area contributed by atoms with Gasteiger partial charge in [0.05, 0.1) is 0 Å². The number of anilines is 2. The largest absolute Gasteiger partial charge is 0.396 e. The predicted molar refractivity (Wildman–Crippen MR) is 65.0 cm³/mol. The van der Waals surface area contributed by atoms with E-state index in [2.05, 4.69) is 29.4 Å². The fourth-order valence-electron chi connectivity index (χ4n) is 1.41. The number of aliphatic hydroxyl groups is 1. The molecule has 5 heteroatoms. The van der Waals surface area contributed by atoms with Crippen LogP contribution in [0.15, 0.2) is 12.1 Å². The summed E-state index contributed by atoms with van der Waals surface area (Å²) in [7, 11) is 0. The molecule has 0 saturated heterocycles. The molecule has 0 bridgehead atoms. The molecule has 0 aliphatic carbocycles. The van der Waals surface area contributed by atoms with Crippen LogP contribution >= 0.6 is 0 Å². The van der Waals surface area contributed by atoms with E-state index in [0.29, 0.717) is 5.82 Å². The number of nitrogens with one attached hydrogen (secondary N) is 1. The highest BCUT2D eigenvalue weighted by atomic mass is 16.2. The lowest BCUT2D eigenvalue weighted by molar-refractivity contribution is 0.248. The van der Waals surface area contributed by atoms with Crippen molar-refractivity contribution in [1.82, 2.24) is 10.2 Å². The summed E-state index contributed by atoms with van der Waals surface area (Å²) in [6.07, 6.45) is 1.79. The molecule has 16 heavy (non-hydrogen) atoms. The van der Waals surface area contributed by atoms with E-state index in [-0.39, 0.29) is 12.0 Å². The molecule has 90 valence electrons. The maximum atomic E-state index is 8.79. The minimum Gasteiger partial charge on any atom is -0.396 e. The van der Waals surface area contributed by atoms with Gasteiger partial charge in [0.15, 0.2) is 0 Å². The van der Waals surface area contributed by atoms with Gasteiger partial charge in [-0.1, -0.05) is 13.8 Å². The van der Waals surface area contributed by atoms with Crippen molar-refractivity contribution in [3.05, 3.63) is 12.1 Å². The van der Waals surface area contributed by atoms with Crippen molar-refractivity contribution in [1.29, 1.82) is 0 Å². The Bertz CT molecular complexity index is 310. The molecule has 0 atom stereocenters. The third-order valence-corrected chi connectivity index (χ3v) is 2.44. The van der Waals surface area contributed by atoms with Gasteiger partial charge >= 0.3 is 0 Å². The van der Waals surface area contributed by atoms with Crippen molar-refractivity contribution in [3.63, 3.8) is 0 Å². The van der Waals surface area contributed by atoms with Crippen LogP contribution < -0.4 is 11.1 Å². The smallest absolute Gasteiger partial charge is 0.148 e. The van der Waals surface area contributed by atoms with Crippen molar-refractivity contribution in [2.75, 3.05) is 24.2 Å². The first-order chi connectivity index (χ1) is 7.53. The molecule has 0 saturated carbocycles. The molecular formula is C11H20N4O. The number of nitrogens with zero attached hydrogens (tertiary/aromatic N) is 2. The fraction of sp³-hybridized carbons (Fsp3) is 0.636. The van der Waals surface area contributed by atoms with Gasteiger partial charge in [0, 0.05) is 13.2 Å². The van der Waals surface area contributed by atoms with Crippen LogP contribution in [0.1, 0.15) is 26.7 Å². The topological polar surface area (TPSA) is 84.1 Å². The Morgan fingerprint density at radius 2 is 2.12 bits per heavy atom. The second-order valence-corrected chi connectivity index (χ2v) is 4.69. The molecule has 0 aliphatic heterocycles. The van der Waals surface area contributed by atoms with Gasteiger partial charge in [-0.15, -0.1) is 10.2 Å². The summed E-state index contributed by atoms with van der Waals surface area (Å²) in [5, 5.41) is 19.7. The summed E-state index contributed by atoms with van der Waals surface area (Å²) in [4.78, 5) is 0. The van der Waals surface area contributed by atoms with Gasteiger partial charge in [0.1, 0.15) is 11.6 Å². The number of nitrogen functional groups attached to an aromatic ring is 1. The van der Waals surface area contributed by atoms with E-state index in [1.807, 2.05) is 6.07 Å². The molecule has 4 N–H and O–H groups in total. The van der Waals surface area contributed by atoms with Gasteiger partial charge < -0.3 is 16.2 Å². The quantitative estimate of drug-likeness (QED) is 0.677. The zero-order chi connectivity index (χ0) is 12.0. The average molecular weight is 224 g/mol. The van der Waals surface area contributed by atoms with Gasteiger partial charge in [-0.25, -0.2) is 0 Å². The Kier molecular flexibility index (Phi) is 4.49. The summed E-state index contributed by atoms with van der Waals surface area (Å²) in [6.45, 7) is 5.34. The van der Waals surface area contributed by atoms with Crippen molar-refractivity contribution in [2.24, 2.45) is 5.41 Å². The molecule has 1 rings (SSSR count). The van der Waals surface area contributed by atoms with Crippen molar-refractivity contribution < 1.29 is 5.11 Å². The summed E-state index contributed by atoms with van der Waals surface area (Å²) in [5.74, 6) is 1.15. The standard InChI is InChI=1S/C11H20N4O/c1-11(2,6-3-7-16)8-13-10-5-4-9(12)14-15-10/h4-5,16H,3,6-8H2,1-2H3,(H2,12,14)(H,13,15). The number of aliphatic hydroxyl groups excluding tert-OH is 1. The van der Waals surface area contributed by atoms with Crippen LogP contribution in [0.5, 0.6) is 0 Å². The predicted octanol–water partition coefficient (Wildman–Crippen LogP) is 1.27. The van der Waals surface area contributed by atoms with Gasteiger partial charge in [-0.3, -0.25) is 0 Å². The molecule has 0 unspecified atom stereocenters. The number of rotatable bonds is 6. The fourth-order valence-corrected chi connectivity index (χ4v) is 1.41. The van der Waals surface area contributed by atoms with Crippen LogP contribution in [-0.4, -0.2) is 28.5 Å². The molecule has 5 nitrogen and oxygen atoms in total. The molecule has 1 heterocycles. The third-order valence-electron chi connectivity index (χ3n) is 2.44. The van der Waals surface area contributed by atoms with E-state index >= 15 is 0 Å². The minimum absolute atomic E-state index is 0.131. The molecule has 1 aromatic heterocycles. The van der Waals surface area contributed by atoms with Gasteiger partial charge in [-0.2, -0.15) is 0 Å². The summed E-state index contributed by atoms with van der Waals surface area (Å²) < 4.78 is 0. The highest BCUT2D eigenvalue weighted by Crippen LogP contribution is 2.22. The van der Waals surface area contributed by atoms with E-state index < -0.39 is 0 Å². The summed E-state index contributed by atoms with van der Waals surface area (Å²) >= 11 is 0. The second-order valence-electron chi connectivity index (χ2n) is 4.69. The molecule has 0 spiro atoms. The van der Waals surface area contributed by atoms with Crippen LogP contribution in [0.4, 0.5) is 11.6 Å². The monoisotopic (exact) mass is 224 g/mol. The molecule has 0 radical (unpaired) electrons. The number of nitrogens with two attached hydrogens (primary N) is 1. The summed E-state index contributed by atoms with van der Waals surface area (Å²) in [6, 6.07) is 3.53. The maximum absolute atomic E-state index is 8.79. The molecule has 0 fully saturated rings. The lowest BCUT2D eigenvalue weighted by Gasteiger charge is -2.24. The van der Waals surface area contributed by atoms with Gasteiger partial charge in [0.25, 0.3) is 0 Å². The van der Waals surface area contributed by atoms with Crippen LogP contribution in [-0.2, 0) is 0 Å². The molecular weight excluding hydrogens is 204 g/mol. The van der Waals surface area contributed by atoms with E-state index in [1.54, 1.807) is 6.07 Å². The number of aromatic nitrogens is 2. The van der Waals surface area contributed by atoms with Crippen molar-refractivity contribution >= 4 is 11.6 Å². The molecule has 0 aromatic carbocycles. The van der Waals surface area contributed by atoms with Crippen molar-refractivity contribution in [2.45, 2.75) is 26.7 Å². The van der Waals surface area contributed by atoms with Crippen molar-refractivity contribution in [3.8, 4) is 0 Å². The molecule has 0 amide bonds. The third kappa shape index (κ3) is 4.44. The first-order valence-corrected chi connectivity index (χ1v) is 5.47. The highest BCUT2D eigenvalue weighted by molar-refractivity contribution is 5.38. The first-order valence-electron chi connectivity index (χ1n) is 5.47. The van der Waals surface area contributed by atoms with E-state index in [4.69, 9.17) is 10.8 Å². The lowest BCUT2D eigenvalue weighted by Crippen LogP contribution is -2.24. The van der Waals surface area contributed by atoms with Crippen LogP contribution in [0.25, 0.3) is 0 Å². The Labute approximate surface area is 96.1 Å². The zero-order valence-electron chi connectivity index (χ0n) is 9.90. The van der Waals surface area contributed by atoms with Gasteiger partial charge in [0.2, 0.25) is 0 Å². The maximum Gasteiger partial charge on any atom is 0.148 e. The second kappa shape index (κ2) is 5.65. The van der Waals surface area contributed by atoms with Crippen LogP contribution in [0.3, 0.4) is 0 Å². The number of hydrogen-bond acceptors (Lipinski definition) is 5. The molecule has 0 aliphatic rings. The lowest BCUT2D eigenvalue weighted by atomic mass is 9.88. The van der Waals surface area contributed by atoms with E-state index in [1.165, 1.54) is 0 Å². The Morgan fingerprint density at radius 1 is 1.38 bits per heavy atom. The van der Waals surface area contributed by atoms with E-state index in [0.717, 1.165) is 25.2 Å². The highest BCUT2D eigenvalue weighted by Gasteiger charge is 2.17. The SMILES string of the molecule is CC(C)(CCCO)CNc1ccc(N)nn1. The normalized spacial score (nSPS) is 11.4. The average Bonchev–Trinajstić information content (AvgIpc) is 2.26. The number of hydrogen-bond donors (Lipinski definition) is 3. The Hall–Kier alpha value is -1.36. The summed E-state index contributed by atoms with van der Waals surface area (Å²) in [5.41, 5.74) is 5.58. The minimum atomic E-state index is 0.131. The van der Waals surface area contributed by atoms with Crippen LogP contribution in [0, 0.1) is 5.41 Å². The Balaban J connectivity index is 2.41. The van der Waals surface area contributed by atoms with Crippen LogP contribution in [0.2, 0.25) is 0 Å².